The van der Waals surface area contributed by atoms with E-state index in [4.69, 9.17) is 7.85 Å². The average Bonchev–Trinajstić information content (AvgIpc) is 2.52. The van der Waals surface area contributed by atoms with Crippen LogP contribution in [0.2, 0.25) is 0 Å². The molecule has 2 radical (unpaired) electrons. The predicted molar refractivity (Wildman–Crippen MR) is 90.1 cm³/mol. The number of benzene rings is 2. The predicted octanol–water partition coefficient (Wildman–Crippen LogP) is 1.45. The Morgan fingerprint density at radius 1 is 1.05 bits per heavy atom. The van der Waals surface area contributed by atoms with Crippen molar-refractivity contribution < 1.29 is 8.42 Å². The van der Waals surface area contributed by atoms with Crippen LogP contribution in [0.1, 0.15) is 16.4 Å². The summed E-state index contributed by atoms with van der Waals surface area (Å²) in [7, 11) is 2.63. The van der Waals surface area contributed by atoms with Gasteiger partial charge in [-0.05, 0) is 11.1 Å². The van der Waals surface area contributed by atoms with Crippen LogP contribution < -0.4 is 5.46 Å². The van der Waals surface area contributed by atoms with E-state index < -0.39 is 15.1 Å². The van der Waals surface area contributed by atoms with Crippen molar-refractivity contribution in [1.82, 2.24) is 4.90 Å². The lowest BCUT2D eigenvalue weighted by Gasteiger charge is -2.32. The molecule has 22 heavy (non-hydrogen) atoms. The lowest BCUT2D eigenvalue weighted by atomic mass is 9.95. The maximum absolute atomic E-state index is 12.4. The van der Waals surface area contributed by atoms with Crippen LogP contribution in [0.15, 0.2) is 54.6 Å². The van der Waals surface area contributed by atoms with Gasteiger partial charge in [0.1, 0.15) is 7.85 Å². The largest absolute Gasteiger partial charge is 0.296 e. The van der Waals surface area contributed by atoms with Crippen LogP contribution >= 0.6 is 0 Å². The zero-order valence-corrected chi connectivity index (χ0v) is 13.2. The monoisotopic (exact) mass is 311 g/mol. The van der Waals surface area contributed by atoms with Gasteiger partial charge in [-0.2, -0.15) is 0 Å². The first-order chi connectivity index (χ1) is 10.5. The molecule has 2 aromatic rings. The number of hydrogen-bond acceptors (Lipinski definition) is 3. The molecular formula is C17H18BNO2S. The van der Waals surface area contributed by atoms with Crippen molar-refractivity contribution in [3.63, 3.8) is 0 Å². The van der Waals surface area contributed by atoms with Crippen molar-refractivity contribution in [1.29, 1.82) is 0 Å². The van der Waals surface area contributed by atoms with Crippen molar-refractivity contribution >= 4 is 23.1 Å². The normalized spacial score (nSPS) is 21.5. The van der Waals surface area contributed by atoms with E-state index in [1.54, 1.807) is 0 Å². The van der Waals surface area contributed by atoms with Gasteiger partial charge >= 0.3 is 0 Å². The Labute approximate surface area is 133 Å². The van der Waals surface area contributed by atoms with Gasteiger partial charge in [-0.3, -0.25) is 4.90 Å². The zero-order valence-electron chi connectivity index (χ0n) is 12.4. The van der Waals surface area contributed by atoms with E-state index in [1.165, 1.54) is 0 Å². The van der Waals surface area contributed by atoms with Gasteiger partial charge in [0.05, 0.1) is 11.0 Å². The molecule has 1 aliphatic rings. The molecule has 1 aliphatic heterocycles. The summed E-state index contributed by atoms with van der Waals surface area (Å²) in [6.45, 7) is 1.87. The first kappa shape index (κ1) is 15.3. The minimum absolute atomic E-state index is 0.210. The molecule has 5 heteroatoms. The van der Waals surface area contributed by atoms with Crippen molar-refractivity contribution in [2.45, 2.75) is 11.8 Å². The zero-order chi connectivity index (χ0) is 15.6. The molecule has 0 saturated carbocycles. The molecule has 1 fully saturated rings. The van der Waals surface area contributed by atoms with Crippen LogP contribution in [0.5, 0.6) is 0 Å². The third-order valence-electron chi connectivity index (χ3n) is 4.11. The summed E-state index contributed by atoms with van der Waals surface area (Å²) in [6.07, 6.45) is 0. The van der Waals surface area contributed by atoms with Gasteiger partial charge in [-0.25, -0.2) is 8.42 Å². The van der Waals surface area contributed by atoms with Crippen LogP contribution in [0.4, 0.5) is 0 Å². The summed E-state index contributed by atoms with van der Waals surface area (Å²) < 4.78 is 24.8. The summed E-state index contributed by atoms with van der Waals surface area (Å²) in [5.41, 5.74) is 2.77. The summed E-state index contributed by atoms with van der Waals surface area (Å²) in [5, 5.41) is -0.434. The highest BCUT2D eigenvalue weighted by molar-refractivity contribution is 7.91. The van der Waals surface area contributed by atoms with Gasteiger partial charge in [-0.1, -0.05) is 60.1 Å². The summed E-state index contributed by atoms with van der Waals surface area (Å²) in [5.74, 6) is 0.210. The smallest absolute Gasteiger partial charge is 0.159 e. The van der Waals surface area contributed by atoms with E-state index in [1.807, 2.05) is 54.6 Å². The minimum Gasteiger partial charge on any atom is -0.296 e. The molecule has 0 spiro atoms. The van der Waals surface area contributed by atoms with Gasteiger partial charge < -0.3 is 0 Å². The van der Waals surface area contributed by atoms with Crippen molar-refractivity contribution in [2.75, 3.05) is 18.8 Å². The molecular weight excluding hydrogens is 293 g/mol. The van der Waals surface area contributed by atoms with E-state index in [0.717, 1.165) is 23.1 Å². The Bertz CT molecular complexity index is 729. The fourth-order valence-electron chi connectivity index (χ4n) is 2.84. The highest BCUT2D eigenvalue weighted by Crippen LogP contribution is 2.28. The maximum Gasteiger partial charge on any atom is 0.159 e. The summed E-state index contributed by atoms with van der Waals surface area (Å²) >= 11 is 0. The van der Waals surface area contributed by atoms with Gasteiger partial charge in [-0.15, -0.1) is 0 Å². The first-order valence-corrected chi connectivity index (χ1v) is 9.09. The second kappa shape index (κ2) is 6.27. The lowest BCUT2D eigenvalue weighted by Crippen LogP contribution is -2.41. The van der Waals surface area contributed by atoms with Crippen LogP contribution in [-0.4, -0.2) is 40.0 Å². The second-order valence-corrected chi connectivity index (χ2v) is 8.05. The minimum atomic E-state index is -3.07. The average molecular weight is 311 g/mol. The van der Waals surface area contributed by atoms with Crippen molar-refractivity contribution in [2.24, 2.45) is 0 Å². The van der Waals surface area contributed by atoms with Gasteiger partial charge in [0.15, 0.2) is 9.84 Å². The third kappa shape index (κ3) is 3.42. The molecule has 0 N–H and O–H groups in total. The quantitative estimate of drug-likeness (QED) is 0.805. The van der Waals surface area contributed by atoms with Crippen LogP contribution in [-0.2, 0) is 16.4 Å². The molecule has 112 valence electrons. The Morgan fingerprint density at radius 2 is 1.73 bits per heavy atom. The summed E-state index contributed by atoms with van der Waals surface area (Å²) in [6, 6.07) is 17.2. The topological polar surface area (TPSA) is 37.4 Å². The van der Waals surface area contributed by atoms with Crippen molar-refractivity contribution in [3.05, 3.63) is 65.7 Å². The Hall–Kier alpha value is -1.59. The fourth-order valence-corrected chi connectivity index (χ4v) is 4.65. The summed E-state index contributed by atoms with van der Waals surface area (Å²) in [4.78, 5) is 2.20. The SMILES string of the molecule is [B]c1ccc(CN2CCS(=O)(=O)C(c3ccccc3)C2)cc1. The van der Waals surface area contributed by atoms with Crippen LogP contribution in [0, 0.1) is 0 Å². The fraction of sp³-hybridized carbons (Fsp3) is 0.294. The molecule has 1 saturated heterocycles. The third-order valence-corrected chi connectivity index (χ3v) is 6.15. The van der Waals surface area contributed by atoms with E-state index in [-0.39, 0.29) is 5.75 Å². The molecule has 1 atom stereocenters. The molecule has 1 heterocycles. The first-order valence-electron chi connectivity index (χ1n) is 7.38. The molecule has 0 bridgehead atoms. The maximum atomic E-state index is 12.4. The van der Waals surface area contributed by atoms with Gasteiger partial charge in [0, 0.05) is 19.6 Å². The van der Waals surface area contributed by atoms with E-state index in [9.17, 15) is 8.42 Å². The lowest BCUT2D eigenvalue weighted by molar-refractivity contribution is 0.267. The molecule has 0 amide bonds. The Balaban J connectivity index is 1.77. The van der Waals surface area contributed by atoms with Crippen LogP contribution in [0.25, 0.3) is 0 Å². The van der Waals surface area contributed by atoms with E-state index in [0.29, 0.717) is 13.1 Å². The molecule has 3 rings (SSSR count). The number of hydrogen-bond donors (Lipinski definition) is 0. The Morgan fingerprint density at radius 3 is 2.41 bits per heavy atom. The second-order valence-electron chi connectivity index (χ2n) is 5.74. The number of rotatable bonds is 3. The Kier molecular flexibility index (Phi) is 4.36. The molecule has 2 aromatic carbocycles. The van der Waals surface area contributed by atoms with E-state index in [2.05, 4.69) is 4.90 Å². The highest BCUT2D eigenvalue weighted by Gasteiger charge is 2.33. The number of nitrogens with zero attached hydrogens (tertiary/aromatic N) is 1. The van der Waals surface area contributed by atoms with Crippen molar-refractivity contribution in [3.8, 4) is 0 Å². The van der Waals surface area contributed by atoms with Gasteiger partial charge in [0.2, 0.25) is 0 Å². The highest BCUT2D eigenvalue weighted by atomic mass is 32.2. The molecule has 0 aromatic heterocycles. The molecule has 3 nitrogen and oxygen atoms in total. The molecule has 1 unspecified atom stereocenters. The standard InChI is InChI=1S/C17H18BNO2S/c18-16-8-6-14(7-9-16)12-19-10-11-22(20,21)17(13-19)15-4-2-1-3-5-15/h1-9,17H,10-13H2. The van der Waals surface area contributed by atoms with Gasteiger partial charge in [0.25, 0.3) is 0 Å². The van der Waals surface area contributed by atoms with E-state index >= 15 is 0 Å². The molecule has 0 aliphatic carbocycles. The number of sulfone groups is 1. The van der Waals surface area contributed by atoms with Crippen LogP contribution in [0.3, 0.4) is 0 Å².